The number of nitrogens with zero attached hydrogens (tertiary/aromatic N) is 1. The molecule has 23 heavy (non-hydrogen) atoms. The van der Waals surface area contributed by atoms with E-state index < -0.39 is 16.1 Å². The van der Waals surface area contributed by atoms with Crippen molar-refractivity contribution in [2.75, 3.05) is 25.9 Å². The predicted molar refractivity (Wildman–Crippen MR) is 89.6 cm³/mol. The van der Waals surface area contributed by atoms with Gasteiger partial charge in [0, 0.05) is 6.04 Å². The van der Waals surface area contributed by atoms with E-state index in [1.165, 1.54) is 13.5 Å². The van der Waals surface area contributed by atoms with Gasteiger partial charge in [0.05, 0.1) is 12.0 Å². The standard InChI is InChI=1S/C16H28N2O4S/c1-17-23(20,21)12-6-10-18-9-4-2-3-7-14(18)13-15(19)16-8-5-11-22-16/h5,8,11,14-15,17,19H,2-4,6-7,9-10,12-13H2,1H3. The summed E-state index contributed by atoms with van der Waals surface area (Å²) in [5.41, 5.74) is 0. The Labute approximate surface area is 138 Å². The molecule has 1 aromatic heterocycles. The Morgan fingerprint density at radius 3 is 2.96 bits per heavy atom. The van der Waals surface area contributed by atoms with Crippen LogP contribution in [0.15, 0.2) is 22.8 Å². The molecule has 1 saturated heterocycles. The number of hydrogen-bond acceptors (Lipinski definition) is 5. The summed E-state index contributed by atoms with van der Waals surface area (Å²) in [6, 6.07) is 3.85. The Morgan fingerprint density at radius 1 is 1.43 bits per heavy atom. The number of hydrogen-bond donors (Lipinski definition) is 2. The molecule has 2 unspecified atom stereocenters. The smallest absolute Gasteiger partial charge is 0.211 e. The SMILES string of the molecule is CNS(=O)(=O)CCCN1CCCCCC1CC(O)c1ccco1. The van der Waals surface area contributed by atoms with Gasteiger partial charge in [-0.15, -0.1) is 0 Å². The average Bonchev–Trinajstić information content (AvgIpc) is 2.98. The molecule has 132 valence electrons. The Bertz CT molecular complexity index is 544. The summed E-state index contributed by atoms with van der Waals surface area (Å²) in [6.45, 7) is 1.71. The van der Waals surface area contributed by atoms with Gasteiger partial charge in [-0.2, -0.15) is 0 Å². The first-order chi connectivity index (χ1) is 11.0. The van der Waals surface area contributed by atoms with Crippen molar-refractivity contribution in [3.63, 3.8) is 0 Å². The number of furan rings is 1. The Balaban J connectivity index is 1.91. The minimum Gasteiger partial charge on any atom is -0.467 e. The van der Waals surface area contributed by atoms with Crippen LogP contribution in [0.1, 0.15) is 50.4 Å². The van der Waals surface area contributed by atoms with Crippen molar-refractivity contribution in [2.45, 2.75) is 50.7 Å². The maximum Gasteiger partial charge on any atom is 0.211 e. The molecule has 0 saturated carbocycles. The summed E-state index contributed by atoms with van der Waals surface area (Å²) in [4.78, 5) is 2.34. The first-order valence-electron chi connectivity index (χ1n) is 8.38. The van der Waals surface area contributed by atoms with E-state index in [0.29, 0.717) is 18.6 Å². The van der Waals surface area contributed by atoms with Crippen LogP contribution in [0, 0.1) is 0 Å². The van der Waals surface area contributed by atoms with Crippen molar-refractivity contribution in [1.29, 1.82) is 0 Å². The molecular formula is C16H28N2O4S. The number of rotatable bonds is 8. The highest BCUT2D eigenvalue weighted by molar-refractivity contribution is 7.89. The van der Waals surface area contributed by atoms with Gasteiger partial charge in [0.15, 0.2) is 0 Å². The molecule has 1 aliphatic rings. The van der Waals surface area contributed by atoms with Crippen LogP contribution in [0.5, 0.6) is 0 Å². The molecule has 2 rings (SSSR count). The fraction of sp³-hybridized carbons (Fsp3) is 0.750. The molecule has 0 spiro atoms. The first-order valence-corrected chi connectivity index (χ1v) is 10.0. The van der Waals surface area contributed by atoms with E-state index in [2.05, 4.69) is 9.62 Å². The second kappa shape index (κ2) is 8.82. The van der Waals surface area contributed by atoms with Crippen LogP contribution in [-0.4, -0.2) is 50.4 Å². The summed E-state index contributed by atoms with van der Waals surface area (Å²) in [5.74, 6) is 0.750. The normalized spacial score (nSPS) is 21.9. The summed E-state index contributed by atoms with van der Waals surface area (Å²) in [5, 5.41) is 10.3. The molecule has 0 radical (unpaired) electrons. The van der Waals surface area contributed by atoms with Crippen molar-refractivity contribution < 1.29 is 17.9 Å². The molecule has 1 aliphatic heterocycles. The quantitative estimate of drug-likeness (QED) is 0.752. The van der Waals surface area contributed by atoms with E-state index in [1.807, 2.05) is 0 Å². The van der Waals surface area contributed by atoms with Gasteiger partial charge in [-0.25, -0.2) is 13.1 Å². The molecule has 7 heteroatoms. The molecule has 2 atom stereocenters. The van der Waals surface area contributed by atoms with E-state index in [4.69, 9.17) is 4.42 Å². The lowest BCUT2D eigenvalue weighted by atomic mass is 10.0. The summed E-state index contributed by atoms with van der Waals surface area (Å²) < 4.78 is 30.7. The highest BCUT2D eigenvalue weighted by Crippen LogP contribution is 2.26. The van der Waals surface area contributed by atoms with Crippen LogP contribution >= 0.6 is 0 Å². The molecule has 6 nitrogen and oxygen atoms in total. The van der Waals surface area contributed by atoms with Crippen LogP contribution < -0.4 is 4.72 Å². The molecule has 2 heterocycles. The average molecular weight is 344 g/mol. The van der Waals surface area contributed by atoms with E-state index in [1.54, 1.807) is 18.4 Å². The third-order valence-corrected chi connectivity index (χ3v) is 5.98. The van der Waals surface area contributed by atoms with Crippen molar-refractivity contribution >= 4 is 10.0 Å². The van der Waals surface area contributed by atoms with Crippen molar-refractivity contribution in [2.24, 2.45) is 0 Å². The maximum absolute atomic E-state index is 11.5. The highest BCUT2D eigenvalue weighted by atomic mass is 32.2. The van der Waals surface area contributed by atoms with Gasteiger partial charge in [-0.05, 0) is 58.0 Å². The zero-order valence-corrected chi connectivity index (χ0v) is 14.6. The van der Waals surface area contributed by atoms with Gasteiger partial charge in [-0.1, -0.05) is 12.8 Å². The van der Waals surface area contributed by atoms with Crippen LogP contribution in [0.3, 0.4) is 0 Å². The highest BCUT2D eigenvalue weighted by Gasteiger charge is 2.25. The monoisotopic (exact) mass is 344 g/mol. The van der Waals surface area contributed by atoms with Gasteiger partial charge in [0.1, 0.15) is 11.9 Å². The zero-order chi connectivity index (χ0) is 16.7. The van der Waals surface area contributed by atoms with Gasteiger partial charge in [0.25, 0.3) is 0 Å². The summed E-state index contributed by atoms with van der Waals surface area (Å²) >= 11 is 0. The zero-order valence-electron chi connectivity index (χ0n) is 13.8. The lowest BCUT2D eigenvalue weighted by molar-refractivity contribution is 0.0863. The topological polar surface area (TPSA) is 82.8 Å². The second-order valence-corrected chi connectivity index (χ2v) is 8.23. The lowest BCUT2D eigenvalue weighted by Gasteiger charge is -2.31. The van der Waals surface area contributed by atoms with Crippen molar-refractivity contribution in [3.05, 3.63) is 24.2 Å². The summed E-state index contributed by atoms with van der Waals surface area (Å²) in [6.07, 6.45) is 6.73. The van der Waals surface area contributed by atoms with Crippen molar-refractivity contribution in [3.8, 4) is 0 Å². The largest absolute Gasteiger partial charge is 0.467 e. The number of aliphatic hydroxyl groups excluding tert-OH is 1. The molecule has 0 aromatic carbocycles. The fourth-order valence-corrected chi connectivity index (χ4v) is 3.93. The number of likely N-dealkylation sites (tertiary alicyclic amines) is 1. The molecule has 1 fully saturated rings. The molecule has 0 aliphatic carbocycles. The molecular weight excluding hydrogens is 316 g/mol. The molecule has 0 amide bonds. The lowest BCUT2D eigenvalue weighted by Crippen LogP contribution is -2.38. The van der Waals surface area contributed by atoms with Crippen molar-refractivity contribution in [1.82, 2.24) is 9.62 Å². The van der Waals surface area contributed by atoms with Crippen LogP contribution in [0.2, 0.25) is 0 Å². The van der Waals surface area contributed by atoms with Crippen LogP contribution in [0.25, 0.3) is 0 Å². The number of sulfonamides is 1. The minimum atomic E-state index is -3.15. The molecule has 2 N–H and O–H groups in total. The minimum absolute atomic E-state index is 0.146. The Kier molecular flexibility index (Phi) is 7.08. The van der Waals surface area contributed by atoms with Gasteiger partial charge < -0.3 is 14.4 Å². The van der Waals surface area contributed by atoms with E-state index >= 15 is 0 Å². The fourth-order valence-electron chi connectivity index (χ4n) is 3.21. The van der Waals surface area contributed by atoms with Gasteiger partial charge in [0.2, 0.25) is 10.0 Å². The second-order valence-electron chi connectivity index (χ2n) is 6.18. The maximum atomic E-state index is 11.5. The summed E-state index contributed by atoms with van der Waals surface area (Å²) in [7, 11) is -1.70. The van der Waals surface area contributed by atoms with E-state index in [9.17, 15) is 13.5 Å². The Hall–Kier alpha value is -0.890. The van der Waals surface area contributed by atoms with Crippen LogP contribution in [-0.2, 0) is 10.0 Å². The van der Waals surface area contributed by atoms with Gasteiger partial charge in [-0.3, -0.25) is 0 Å². The molecule has 1 aromatic rings. The third-order valence-electron chi connectivity index (χ3n) is 4.54. The van der Waals surface area contributed by atoms with Gasteiger partial charge >= 0.3 is 0 Å². The molecule has 0 bridgehead atoms. The van der Waals surface area contributed by atoms with E-state index in [-0.39, 0.29) is 11.8 Å². The number of aliphatic hydroxyl groups is 1. The van der Waals surface area contributed by atoms with E-state index in [0.717, 1.165) is 32.4 Å². The van der Waals surface area contributed by atoms with Crippen LogP contribution in [0.4, 0.5) is 0 Å². The number of nitrogens with one attached hydrogen (secondary N) is 1. The third kappa shape index (κ3) is 5.91. The first kappa shape index (κ1) is 18.4. The predicted octanol–water partition coefficient (Wildman–Crippen LogP) is 1.89. The Morgan fingerprint density at radius 2 is 2.26 bits per heavy atom.